The summed E-state index contributed by atoms with van der Waals surface area (Å²) in [5.41, 5.74) is 0. The van der Waals surface area contributed by atoms with Crippen molar-refractivity contribution in [3.05, 3.63) is 16.0 Å². The van der Waals surface area contributed by atoms with Gasteiger partial charge in [0, 0.05) is 0 Å². The van der Waals surface area contributed by atoms with Gasteiger partial charge in [0.25, 0.3) is 0 Å². The van der Waals surface area contributed by atoms with E-state index in [4.69, 9.17) is 0 Å². The quantitative estimate of drug-likeness (QED) is 0.696. The zero-order chi connectivity index (χ0) is 12.4. The van der Waals surface area contributed by atoms with Crippen molar-refractivity contribution in [3.63, 3.8) is 0 Å². The van der Waals surface area contributed by atoms with Crippen LogP contribution in [0.5, 0.6) is 0 Å². The molecule has 0 aliphatic heterocycles. The average Bonchev–Trinajstić information content (AvgIpc) is 2.23. The van der Waals surface area contributed by atoms with Crippen LogP contribution in [-0.2, 0) is 26.2 Å². The molecule has 0 spiro atoms. The van der Waals surface area contributed by atoms with Crippen LogP contribution in [0.15, 0.2) is 0 Å². The second-order valence-corrected chi connectivity index (χ2v) is 2.57. The molecule has 0 unspecified atom stereocenters. The van der Waals surface area contributed by atoms with Gasteiger partial charge in [0.2, 0.25) is 0 Å². The van der Waals surface area contributed by atoms with Crippen molar-refractivity contribution in [2.75, 3.05) is 39.3 Å². The molecule has 0 fully saturated rings. The summed E-state index contributed by atoms with van der Waals surface area (Å²) >= 11 is 0. The maximum Gasteiger partial charge on any atom is 4.00 e. The first kappa shape index (κ1) is 30.8. The molecule has 17 heavy (non-hydrogen) atoms. The summed E-state index contributed by atoms with van der Waals surface area (Å²) in [6.45, 7) is 18.1. The van der Waals surface area contributed by atoms with E-state index >= 15 is 0 Å². The predicted octanol–water partition coefficient (Wildman–Crippen LogP) is 1.20. The predicted molar refractivity (Wildman–Crippen MR) is 73.3 cm³/mol. The fourth-order valence-corrected chi connectivity index (χ4v) is 0.671. The molecule has 0 amide bonds. The van der Waals surface area contributed by atoms with Gasteiger partial charge in [0.15, 0.2) is 0 Å². The van der Waals surface area contributed by atoms with Crippen LogP contribution in [-0.4, -0.2) is 39.3 Å². The van der Waals surface area contributed by atoms with Crippen molar-refractivity contribution in [2.24, 2.45) is 0 Å². The normalized spacial score (nSPS) is 7.41. The Morgan fingerprint density at radius 3 is 0.588 bits per heavy atom. The van der Waals surface area contributed by atoms with Gasteiger partial charge in [-0.25, -0.2) is 0 Å². The molecule has 3 nitrogen and oxygen atoms in total. The maximum absolute atomic E-state index is 3.97. The molecule has 0 N–H and O–H groups in total. The molecule has 104 valence electrons. The van der Waals surface area contributed by atoms with Crippen molar-refractivity contribution in [2.45, 2.75) is 41.5 Å². The molecule has 0 radical (unpaired) electrons. The summed E-state index contributed by atoms with van der Waals surface area (Å²) in [6.07, 6.45) is 0. The van der Waals surface area contributed by atoms with Crippen LogP contribution >= 0.6 is 0 Å². The fraction of sp³-hybridized carbons (Fsp3) is 1.00. The summed E-state index contributed by atoms with van der Waals surface area (Å²) in [5.74, 6) is 0. The Labute approximate surface area is 135 Å². The van der Waals surface area contributed by atoms with E-state index in [1.807, 2.05) is 41.5 Å². The molecule has 0 aliphatic rings. The molecule has 0 aromatic heterocycles. The largest absolute Gasteiger partial charge is 4.00 e. The van der Waals surface area contributed by atoms with Gasteiger partial charge in [-0.1, -0.05) is 41.5 Å². The van der Waals surface area contributed by atoms with E-state index in [9.17, 15) is 0 Å². The van der Waals surface area contributed by atoms with Gasteiger partial charge < -0.3 is 28.4 Å². The second-order valence-electron chi connectivity index (χ2n) is 2.57. The molecule has 0 aliphatic carbocycles. The minimum Gasteiger partial charge on any atom is -1.00 e. The number of nitrogens with zero attached hydrogens (tertiary/aromatic N) is 3. The van der Waals surface area contributed by atoms with Gasteiger partial charge in [-0.05, 0) is 0 Å². The second kappa shape index (κ2) is 43.5. The summed E-state index contributed by atoms with van der Waals surface area (Å²) < 4.78 is 0. The fourth-order valence-electron chi connectivity index (χ4n) is 0.671. The first-order valence-corrected chi connectivity index (χ1v) is 6.14. The minimum atomic E-state index is 0. The van der Waals surface area contributed by atoms with E-state index in [2.05, 4.69) is 16.0 Å². The molecule has 0 heterocycles. The van der Waals surface area contributed by atoms with Gasteiger partial charge in [0.05, 0.1) is 0 Å². The van der Waals surface area contributed by atoms with Crippen molar-refractivity contribution < 1.29 is 38.6 Å². The van der Waals surface area contributed by atoms with E-state index in [0.29, 0.717) is 0 Å². The van der Waals surface area contributed by atoms with Crippen molar-refractivity contribution >= 4 is 0 Å². The Morgan fingerprint density at radius 1 is 0.471 bits per heavy atom. The van der Waals surface area contributed by atoms with Crippen LogP contribution < -0.4 is 12.4 Å². The standard InChI is InChI=1S/3C4H10N.ClH.Zr/c3*1-3-5-4-2;;/h3*3-4H2,1-2H3;1H;/q3*-1;;+4/p-1. The molecular formula is C12H30ClN3Zr. The van der Waals surface area contributed by atoms with Crippen LogP contribution in [0.1, 0.15) is 41.5 Å². The minimum absolute atomic E-state index is 0. The third kappa shape index (κ3) is 77.7. The summed E-state index contributed by atoms with van der Waals surface area (Å²) in [6, 6.07) is 0. The molecule has 5 heteroatoms. The van der Waals surface area contributed by atoms with E-state index < -0.39 is 0 Å². The molecule has 0 aromatic rings. The average molecular weight is 343 g/mol. The maximum atomic E-state index is 3.97. The Morgan fingerprint density at radius 2 is 0.588 bits per heavy atom. The van der Waals surface area contributed by atoms with E-state index in [1.165, 1.54) is 0 Å². The van der Waals surface area contributed by atoms with Gasteiger partial charge in [-0.15, -0.1) is 0 Å². The first-order chi connectivity index (χ1) is 7.24. The Bertz CT molecular complexity index is 58.5. The van der Waals surface area contributed by atoms with Gasteiger partial charge in [0.1, 0.15) is 0 Å². The van der Waals surface area contributed by atoms with Crippen LogP contribution in [0.2, 0.25) is 0 Å². The zero-order valence-corrected chi connectivity index (χ0v) is 15.7. The first-order valence-electron chi connectivity index (χ1n) is 6.14. The molecular weight excluding hydrogens is 313 g/mol. The van der Waals surface area contributed by atoms with Crippen LogP contribution in [0.25, 0.3) is 16.0 Å². The summed E-state index contributed by atoms with van der Waals surface area (Å²) in [7, 11) is 0. The number of hydrogen-bond acceptors (Lipinski definition) is 0. The van der Waals surface area contributed by atoms with Crippen molar-refractivity contribution in [3.8, 4) is 0 Å². The van der Waals surface area contributed by atoms with Crippen LogP contribution in [0.4, 0.5) is 0 Å². The summed E-state index contributed by atoms with van der Waals surface area (Å²) in [5, 5.41) is 11.9. The van der Waals surface area contributed by atoms with E-state index in [-0.39, 0.29) is 38.6 Å². The number of halogens is 1. The van der Waals surface area contributed by atoms with Gasteiger partial charge >= 0.3 is 26.2 Å². The Hall–Kier alpha value is 1.05. The number of rotatable bonds is 6. The molecule has 0 saturated heterocycles. The van der Waals surface area contributed by atoms with E-state index in [1.54, 1.807) is 0 Å². The third-order valence-corrected chi connectivity index (χ3v) is 1.34. The molecule has 0 saturated carbocycles. The summed E-state index contributed by atoms with van der Waals surface area (Å²) in [4.78, 5) is 0. The number of hydrogen-bond donors (Lipinski definition) is 0. The van der Waals surface area contributed by atoms with E-state index in [0.717, 1.165) is 39.3 Å². The molecule has 0 aromatic carbocycles. The Balaban J connectivity index is -0.0000000400. The van der Waals surface area contributed by atoms with Crippen molar-refractivity contribution in [1.29, 1.82) is 0 Å². The van der Waals surface area contributed by atoms with Gasteiger partial charge in [-0.3, -0.25) is 0 Å². The molecule has 0 rings (SSSR count). The SMILES string of the molecule is CC[N-]CC.CC[N-]CC.CC[N-]CC.[Cl-].[Zr+4]. The molecule has 0 atom stereocenters. The van der Waals surface area contributed by atoms with Gasteiger partial charge in [-0.2, -0.15) is 39.3 Å². The van der Waals surface area contributed by atoms with Crippen LogP contribution in [0, 0.1) is 0 Å². The third-order valence-electron chi connectivity index (χ3n) is 1.34. The zero-order valence-electron chi connectivity index (χ0n) is 12.5. The van der Waals surface area contributed by atoms with Crippen molar-refractivity contribution in [1.82, 2.24) is 0 Å². The smallest absolute Gasteiger partial charge is 1.00 e. The topological polar surface area (TPSA) is 42.3 Å². The molecule has 0 bridgehead atoms. The monoisotopic (exact) mass is 341 g/mol. The van der Waals surface area contributed by atoms with Crippen LogP contribution in [0.3, 0.4) is 0 Å². The Kier molecular flexibility index (Phi) is 78.8.